The molecular formula is C15H26N2OS. The van der Waals surface area contributed by atoms with Crippen molar-refractivity contribution in [2.75, 3.05) is 12.9 Å². The Balaban J connectivity index is 1.58. The molecule has 4 aliphatic carbocycles. The Morgan fingerprint density at radius 1 is 1.47 bits per heavy atom. The molecule has 4 saturated carbocycles. The average molecular weight is 282 g/mol. The topological polar surface area (TPSA) is 24.8 Å². The summed E-state index contributed by atoms with van der Waals surface area (Å²) in [6.07, 6.45) is 5.96. The molecule has 4 rings (SSSR count). The van der Waals surface area contributed by atoms with Crippen LogP contribution in [0.2, 0.25) is 0 Å². The fourth-order valence-corrected chi connectivity index (χ4v) is 6.52. The molecule has 2 bridgehead atoms. The lowest BCUT2D eigenvalue weighted by Crippen LogP contribution is -2.42. The second-order valence-corrected chi connectivity index (χ2v) is 8.09. The zero-order valence-electron chi connectivity index (χ0n) is 12.3. The van der Waals surface area contributed by atoms with Gasteiger partial charge >= 0.3 is 0 Å². The first kappa shape index (κ1) is 13.7. The maximum atomic E-state index is 5.20. The van der Waals surface area contributed by atoms with Gasteiger partial charge in [0, 0.05) is 17.3 Å². The van der Waals surface area contributed by atoms with Crippen LogP contribution in [0, 0.1) is 23.7 Å². The van der Waals surface area contributed by atoms with Crippen molar-refractivity contribution >= 4 is 18.5 Å². The van der Waals surface area contributed by atoms with E-state index in [9.17, 15) is 0 Å². The number of nitrogens with zero attached hydrogens (tertiary/aromatic N) is 2. The van der Waals surface area contributed by atoms with Gasteiger partial charge in [-0.1, -0.05) is 6.92 Å². The van der Waals surface area contributed by atoms with Crippen molar-refractivity contribution in [3.63, 3.8) is 0 Å². The standard InChI is InChI=1S/C15H26N2OS/c1-10-7-12-5-6-13(10)15(8-14(12)15)19-9-17(4)11(2)18-16-3/h10-14H,3,5-9H2,1-2,4H3. The normalized spacial score (nSPS) is 44.8. The van der Waals surface area contributed by atoms with E-state index >= 15 is 0 Å². The van der Waals surface area contributed by atoms with Gasteiger partial charge in [-0.15, -0.1) is 16.9 Å². The molecule has 19 heavy (non-hydrogen) atoms. The first-order valence-corrected chi connectivity index (χ1v) is 8.53. The lowest BCUT2D eigenvalue weighted by atomic mass is 9.65. The van der Waals surface area contributed by atoms with Crippen LogP contribution in [0.3, 0.4) is 0 Å². The van der Waals surface area contributed by atoms with Crippen LogP contribution in [0.4, 0.5) is 0 Å². The fourth-order valence-electron chi connectivity index (χ4n) is 4.59. The van der Waals surface area contributed by atoms with E-state index in [0.29, 0.717) is 4.75 Å². The summed E-state index contributed by atoms with van der Waals surface area (Å²) in [6.45, 7) is 7.90. The quantitative estimate of drug-likeness (QED) is 0.424. The Hall–Kier alpha value is -0.220. The van der Waals surface area contributed by atoms with Gasteiger partial charge in [0.1, 0.15) is 0 Å². The molecule has 6 unspecified atom stereocenters. The molecule has 4 aliphatic rings. The lowest BCUT2D eigenvalue weighted by Gasteiger charge is -2.46. The van der Waals surface area contributed by atoms with Crippen LogP contribution < -0.4 is 0 Å². The van der Waals surface area contributed by atoms with Crippen molar-refractivity contribution in [1.29, 1.82) is 0 Å². The Morgan fingerprint density at radius 3 is 2.95 bits per heavy atom. The Bertz CT molecular complexity index is 364. The number of hydrogen-bond donors (Lipinski definition) is 0. The molecule has 0 spiro atoms. The fraction of sp³-hybridized carbons (Fsp3) is 0.933. The van der Waals surface area contributed by atoms with Crippen LogP contribution in [0.25, 0.3) is 0 Å². The maximum absolute atomic E-state index is 5.20. The predicted octanol–water partition coefficient (Wildman–Crippen LogP) is 3.41. The molecule has 6 atom stereocenters. The molecule has 3 nitrogen and oxygen atoms in total. The average Bonchev–Trinajstić information content (AvgIpc) is 3.14. The number of oxime groups is 1. The van der Waals surface area contributed by atoms with E-state index in [1.807, 2.05) is 6.92 Å². The van der Waals surface area contributed by atoms with Crippen molar-refractivity contribution in [2.24, 2.45) is 28.8 Å². The van der Waals surface area contributed by atoms with E-state index in [2.05, 4.69) is 42.5 Å². The van der Waals surface area contributed by atoms with Crippen molar-refractivity contribution in [1.82, 2.24) is 4.90 Å². The molecule has 0 amide bonds. The third kappa shape index (κ3) is 2.21. The number of hydrogen-bond acceptors (Lipinski definition) is 4. The predicted molar refractivity (Wildman–Crippen MR) is 81.2 cm³/mol. The van der Waals surface area contributed by atoms with Gasteiger partial charge in [0.2, 0.25) is 0 Å². The molecular weight excluding hydrogens is 256 g/mol. The van der Waals surface area contributed by atoms with Gasteiger partial charge in [-0.2, -0.15) is 0 Å². The second-order valence-electron chi connectivity index (χ2n) is 6.79. The molecule has 0 aromatic heterocycles. The molecule has 0 radical (unpaired) electrons. The summed E-state index contributed by atoms with van der Waals surface area (Å²) in [5.74, 6) is 5.01. The van der Waals surface area contributed by atoms with Crippen LogP contribution in [0.5, 0.6) is 0 Å². The minimum atomic E-state index is 0.0248. The highest BCUT2D eigenvalue weighted by atomic mass is 32.2. The van der Waals surface area contributed by atoms with Gasteiger partial charge < -0.3 is 4.84 Å². The number of rotatable bonds is 6. The Labute approximate surface area is 121 Å². The van der Waals surface area contributed by atoms with Gasteiger partial charge in [-0.25, -0.2) is 0 Å². The number of fused-ring (bicyclic) bond motifs is 2. The van der Waals surface area contributed by atoms with E-state index in [1.54, 1.807) is 0 Å². The largest absolute Gasteiger partial charge is 0.377 e. The summed E-state index contributed by atoms with van der Waals surface area (Å²) < 4.78 is 0.621. The molecule has 0 aromatic rings. The molecule has 4 fully saturated rings. The third-order valence-corrected chi connectivity index (χ3v) is 7.64. The highest BCUT2D eigenvalue weighted by Crippen LogP contribution is 2.72. The highest BCUT2D eigenvalue weighted by Gasteiger charge is 2.67. The van der Waals surface area contributed by atoms with Crippen molar-refractivity contribution in [3.8, 4) is 0 Å². The molecule has 0 N–H and O–H groups in total. The first-order chi connectivity index (χ1) is 9.08. The van der Waals surface area contributed by atoms with Crippen molar-refractivity contribution in [2.45, 2.75) is 50.5 Å². The molecule has 0 aliphatic heterocycles. The van der Waals surface area contributed by atoms with E-state index in [4.69, 9.17) is 4.84 Å². The van der Waals surface area contributed by atoms with Gasteiger partial charge in [0.25, 0.3) is 0 Å². The van der Waals surface area contributed by atoms with E-state index < -0.39 is 0 Å². The van der Waals surface area contributed by atoms with E-state index in [1.165, 1.54) is 25.7 Å². The van der Waals surface area contributed by atoms with Crippen LogP contribution in [0.15, 0.2) is 5.16 Å². The van der Waals surface area contributed by atoms with Crippen molar-refractivity contribution in [3.05, 3.63) is 0 Å². The summed E-state index contributed by atoms with van der Waals surface area (Å²) >= 11 is 2.19. The minimum absolute atomic E-state index is 0.0248. The van der Waals surface area contributed by atoms with Gasteiger partial charge in [0.15, 0.2) is 6.23 Å². The van der Waals surface area contributed by atoms with Gasteiger partial charge in [0.05, 0.1) is 0 Å². The maximum Gasteiger partial charge on any atom is 0.178 e. The Kier molecular flexibility index (Phi) is 3.59. The van der Waals surface area contributed by atoms with Gasteiger partial charge in [-0.05, 0) is 63.3 Å². The Morgan fingerprint density at radius 2 is 2.26 bits per heavy atom. The third-order valence-electron chi connectivity index (χ3n) is 5.80. The molecule has 0 aromatic carbocycles. The van der Waals surface area contributed by atoms with Crippen LogP contribution in [0.1, 0.15) is 39.5 Å². The van der Waals surface area contributed by atoms with Crippen molar-refractivity contribution < 1.29 is 4.84 Å². The highest BCUT2D eigenvalue weighted by molar-refractivity contribution is 8.00. The monoisotopic (exact) mass is 282 g/mol. The summed E-state index contributed by atoms with van der Waals surface area (Å²) in [4.78, 5) is 7.43. The van der Waals surface area contributed by atoms with Crippen LogP contribution >= 0.6 is 11.8 Å². The zero-order valence-corrected chi connectivity index (χ0v) is 13.2. The number of thioether (sulfide) groups is 1. The summed E-state index contributed by atoms with van der Waals surface area (Å²) in [6, 6.07) is 0. The van der Waals surface area contributed by atoms with E-state index in [-0.39, 0.29) is 6.23 Å². The second kappa shape index (κ2) is 4.96. The summed E-state index contributed by atoms with van der Waals surface area (Å²) in [5.41, 5.74) is 0. The first-order valence-electron chi connectivity index (χ1n) is 7.54. The lowest BCUT2D eigenvalue weighted by molar-refractivity contribution is -0.0218. The molecule has 4 heteroatoms. The van der Waals surface area contributed by atoms with Crippen LogP contribution in [-0.2, 0) is 4.84 Å². The summed E-state index contributed by atoms with van der Waals surface area (Å²) in [5, 5.41) is 3.53. The van der Waals surface area contributed by atoms with E-state index in [0.717, 1.165) is 29.5 Å². The molecule has 0 saturated heterocycles. The SMILES string of the molecule is C=NOC(C)N(C)CSC12CC1C1CCC2C(C)C1. The summed E-state index contributed by atoms with van der Waals surface area (Å²) in [7, 11) is 2.11. The smallest absolute Gasteiger partial charge is 0.178 e. The van der Waals surface area contributed by atoms with Gasteiger partial charge in [-0.3, -0.25) is 4.90 Å². The molecule has 108 valence electrons. The minimum Gasteiger partial charge on any atom is -0.377 e. The molecule has 0 heterocycles. The zero-order chi connectivity index (χ0) is 13.6. The van der Waals surface area contributed by atoms with Crippen LogP contribution in [-0.4, -0.2) is 35.5 Å².